The minimum Gasteiger partial charge on any atom is -0.356 e. The van der Waals surface area contributed by atoms with Crippen molar-refractivity contribution >= 4 is 47.4 Å². The molecule has 0 bridgehead atoms. The average Bonchev–Trinajstić information content (AvgIpc) is 3.48. The van der Waals surface area contributed by atoms with Crippen molar-refractivity contribution in [2.24, 2.45) is 4.99 Å². The van der Waals surface area contributed by atoms with Gasteiger partial charge < -0.3 is 10.6 Å². The summed E-state index contributed by atoms with van der Waals surface area (Å²) in [5.74, 6) is 1.76. The summed E-state index contributed by atoms with van der Waals surface area (Å²) in [7, 11) is 0. The van der Waals surface area contributed by atoms with E-state index in [1.807, 2.05) is 18.2 Å². The van der Waals surface area contributed by atoms with Crippen LogP contribution < -0.4 is 10.6 Å². The molecule has 0 radical (unpaired) electrons. The Morgan fingerprint density at radius 3 is 2.48 bits per heavy atom. The van der Waals surface area contributed by atoms with E-state index in [0.29, 0.717) is 12.6 Å². The van der Waals surface area contributed by atoms with Gasteiger partial charge in [0.15, 0.2) is 5.96 Å². The molecule has 0 spiro atoms. The number of hydrogen-bond donors (Lipinski definition) is 2. The van der Waals surface area contributed by atoms with E-state index >= 15 is 0 Å². The molecule has 1 fully saturated rings. The number of benzene rings is 2. The van der Waals surface area contributed by atoms with E-state index in [0.717, 1.165) is 23.8 Å². The molecule has 0 heterocycles. The number of non-ortho nitro benzene ring substituents is 1. The van der Waals surface area contributed by atoms with Gasteiger partial charge in [-0.2, -0.15) is 0 Å². The van der Waals surface area contributed by atoms with E-state index in [-0.39, 0.29) is 34.6 Å². The smallest absolute Gasteiger partial charge is 0.269 e. The number of nitrogens with one attached hydrogen (secondary N) is 2. The number of guanidine groups is 1. The maximum Gasteiger partial charge on any atom is 0.269 e. The van der Waals surface area contributed by atoms with E-state index < -0.39 is 0 Å². The molecule has 144 valence electrons. The Morgan fingerprint density at radius 1 is 1.15 bits per heavy atom. The molecular weight excluding hydrogens is 475 g/mol. The molecule has 0 atom stereocenters. The lowest BCUT2D eigenvalue weighted by atomic mass is 10.2. The number of nitro groups is 1. The van der Waals surface area contributed by atoms with Gasteiger partial charge in [0.05, 0.1) is 11.5 Å². The molecule has 1 saturated carbocycles. The standard InChI is InChI=1S/C19H22N4O2S.HI/c24-23(25)17-10-6-15(7-11-17)14-21-19(22-16-8-9-16)20-12-13-26-18-4-2-1-3-5-18;/h1-7,10-11,16H,8-9,12-14H2,(H2,20,21,22);1H. The molecule has 3 rings (SSSR count). The first-order chi connectivity index (χ1) is 12.7. The van der Waals surface area contributed by atoms with Crippen molar-refractivity contribution in [3.8, 4) is 0 Å². The van der Waals surface area contributed by atoms with Gasteiger partial charge in [-0.3, -0.25) is 10.1 Å². The molecule has 0 saturated heterocycles. The van der Waals surface area contributed by atoms with Crippen LogP contribution in [0.4, 0.5) is 5.69 Å². The van der Waals surface area contributed by atoms with E-state index in [1.54, 1.807) is 23.9 Å². The molecular formula is C19H23IN4O2S. The number of hydrogen-bond acceptors (Lipinski definition) is 4. The van der Waals surface area contributed by atoms with Gasteiger partial charge in [-0.1, -0.05) is 30.3 Å². The minimum absolute atomic E-state index is 0. The van der Waals surface area contributed by atoms with Gasteiger partial charge in [0.2, 0.25) is 0 Å². The summed E-state index contributed by atoms with van der Waals surface area (Å²) < 4.78 is 0. The molecule has 0 aromatic heterocycles. The Morgan fingerprint density at radius 2 is 1.85 bits per heavy atom. The summed E-state index contributed by atoms with van der Waals surface area (Å²) in [5.41, 5.74) is 1.05. The molecule has 2 N–H and O–H groups in total. The van der Waals surface area contributed by atoms with Crippen LogP contribution in [0, 0.1) is 10.1 Å². The highest BCUT2D eigenvalue weighted by Gasteiger charge is 2.22. The maximum absolute atomic E-state index is 10.7. The van der Waals surface area contributed by atoms with E-state index in [1.165, 1.54) is 29.9 Å². The Hall–Kier alpha value is -1.81. The highest BCUT2D eigenvalue weighted by atomic mass is 127. The van der Waals surface area contributed by atoms with Crippen LogP contribution >= 0.6 is 35.7 Å². The lowest BCUT2D eigenvalue weighted by molar-refractivity contribution is -0.384. The van der Waals surface area contributed by atoms with Gasteiger partial charge in [0.1, 0.15) is 0 Å². The summed E-state index contributed by atoms with van der Waals surface area (Å²) in [6.45, 7) is 1.31. The van der Waals surface area contributed by atoms with Crippen LogP contribution in [0.2, 0.25) is 0 Å². The highest BCUT2D eigenvalue weighted by molar-refractivity contribution is 14.0. The second-order valence-electron chi connectivity index (χ2n) is 6.10. The summed E-state index contributed by atoms with van der Waals surface area (Å²) in [5, 5.41) is 17.5. The second kappa shape index (κ2) is 11.1. The van der Waals surface area contributed by atoms with Gasteiger partial charge in [0.25, 0.3) is 5.69 Å². The number of thioether (sulfide) groups is 1. The third-order valence-electron chi connectivity index (χ3n) is 3.89. The Balaban J connectivity index is 0.00000261. The van der Waals surface area contributed by atoms with Crippen LogP contribution in [0.5, 0.6) is 0 Å². The third-order valence-corrected chi connectivity index (χ3v) is 4.91. The maximum atomic E-state index is 10.7. The van der Waals surface area contributed by atoms with Crippen molar-refractivity contribution < 1.29 is 4.92 Å². The molecule has 2 aromatic carbocycles. The summed E-state index contributed by atoms with van der Waals surface area (Å²) >= 11 is 1.81. The van der Waals surface area contributed by atoms with Crippen LogP contribution in [0.3, 0.4) is 0 Å². The highest BCUT2D eigenvalue weighted by Crippen LogP contribution is 2.19. The van der Waals surface area contributed by atoms with Gasteiger partial charge in [-0.25, -0.2) is 4.99 Å². The van der Waals surface area contributed by atoms with E-state index in [9.17, 15) is 10.1 Å². The predicted octanol–water partition coefficient (Wildman–Crippen LogP) is 4.20. The van der Waals surface area contributed by atoms with Crippen LogP contribution in [-0.2, 0) is 6.54 Å². The fourth-order valence-corrected chi connectivity index (χ4v) is 3.11. The number of halogens is 1. The Labute approximate surface area is 180 Å². The first-order valence-electron chi connectivity index (χ1n) is 8.67. The molecule has 8 heteroatoms. The topological polar surface area (TPSA) is 79.6 Å². The first-order valence-corrected chi connectivity index (χ1v) is 9.65. The van der Waals surface area contributed by atoms with Crippen LogP contribution in [-0.4, -0.2) is 29.2 Å². The van der Waals surface area contributed by atoms with Gasteiger partial charge >= 0.3 is 0 Å². The van der Waals surface area contributed by atoms with E-state index in [4.69, 9.17) is 0 Å². The zero-order valence-corrected chi connectivity index (χ0v) is 18.0. The fraction of sp³-hybridized carbons (Fsp3) is 0.316. The van der Waals surface area contributed by atoms with Gasteiger partial charge in [0, 0.05) is 35.4 Å². The monoisotopic (exact) mass is 498 g/mol. The molecule has 1 aliphatic rings. The quantitative estimate of drug-likeness (QED) is 0.109. The molecule has 1 aliphatic carbocycles. The minimum atomic E-state index is -0.390. The second-order valence-corrected chi connectivity index (χ2v) is 7.26. The SMILES string of the molecule is I.O=[N+]([O-])c1ccc(CN=C(NCCSc2ccccc2)NC2CC2)cc1. The molecule has 27 heavy (non-hydrogen) atoms. The number of aliphatic imine (C=N–C) groups is 1. The third kappa shape index (κ3) is 7.76. The summed E-state index contributed by atoms with van der Waals surface area (Å²) in [4.78, 5) is 16.2. The number of nitro benzene ring substituents is 1. The molecule has 0 amide bonds. The van der Waals surface area contributed by atoms with E-state index in [2.05, 4.69) is 27.8 Å². The lowest BCUT2D eigenvalue weighted by Gasteiger charge is -2.12. The van der Waals surface area contributed by atoms with Crippen molar-refractivity contribution in [1.29, 1.82) is 0 Å². The van der Waals surface area contributed by atoms with Crippen molar-refractivity contribution in [1.82, 2.24) is 10.6 Å². The Bertz CT molecular complexity index is 752. The zero-order chi connectivity index (χ0) is 18.2. The molecule has 0 unspecified atom stereocenters. The number of nitrogens with zero attached hydrogens (tertiary/aromatic N) is 2. The summed E-state index contributed by atoms with van der Waals surface area (Å²) in [6, 6.07) is 17.4. The normalized spacial score (nSPS) is 13.6. The van der Waals surface area contributed by atoms with Crippen molar-refractivity contribution in [3.05, 3.63) is 70.3 Å². The largest absolute Gasteiger partial charge is 0.356 e. The van der Waals surface area contributed by atoms with Crippen molar-refractivity contribution in [2.75, 3.05) is 12.3 Å². The number of rotatable bonds is 8. The predicted molar refractivity (Wildman–Crippen MR) is 121 cm³/mol. The summed E-state index contributed by atoms with van der Waals surface area (Å²) in [6.07, 6.45) is 2.36. The zero-order valence-electron chi connectivity index (χ0n) is 14.8. The average molecular weight is 498 g/mol. The molecule has 2 aromatic rings. The van der Waals surface area contributed by atoms with Crippen LogP contribution in [0.1, 0.15) is 18.4 Å². The van der Waals surface area contributed by atoms with Crippen molar-refractivity contribution in [2.45, 2.75) is 30.3 Å². The lowest BCUT2D eigenvalue weighted by Crippen LogP contribution is -2.39. The molecule has 6 nitrogen and oxygen atoms in total. The van der Waals surface area contributed by atoms with Crippen LogP contribution in [0.15, 0.2) is 64.5 Å². The first kappa shape index (κ1) is 21.5. The van der Waals surface area contributed by atoms with Crippen LogP contribution in [0.25, 0.3) is 0 Å². The van der Waals surface area contributed by atoms with Crippen molar-refractivity contribution in [3.63, 3.8) is 0 Å². The fourth-order valence-electron chi connectivity index (χ4n) is 2.32. The van der Waals surface area contributed by atoms with Gasteiger partial charge in [-0.05, 0) is 30.5 Å². The Kier molecular flexibility index (Phi) is 8.86. The molecule has 0 aliphatic heterocycles. The van der Waals surface area contributed by atoms with Gasteiger partial charge in [-0.15, -0.1) is 35.7 Å².